The molecule has 0 amide bonds. The Bertz CT molecular complexity index is 495. The molecule has 1 fully saturated rings. The number of hydrogen-bond donors (Lipinski definition) is 2. The summed E-state index contributed by atoms with van der Waals surface area (Å²) in [5.41, 5.74) is 1.58. The number of nitrogens with zero attached hydrogens (tertiary/aromatic N) is 2. The van der Waals surface area contributed by atoms with E-state index in [1.807, 2.05) is 7.05 Å². The summed E-state index contributed by atoms with van der Waals surface area (Å²) in [6.07, 6.45) is 4.65. The number of thiazole rings is 1. The van der Waals surface area contributed by atoms with Crippen LogP contribution in [0.2, 0.25) is 0 Å². The number of aryl methyl sites for hydroxylation is 2. The third-order valence-corrected chi connectivity index (χ3v) is 5.48. The van der Waals surface area contributed by atoms with Crippen molar-refractivity contribution < 1.29 is 4.74 Å². The zero-order valence-electron chi connectivity index (χ0n) is 14.6. The second kappa shape index (κ2) is 9.78. The van der Waals surface area contributed by atoms with E-state index in [-0.39, 0.29) is 24.0 Å². The SMILES string of the molecule is CN=C(NCCc1nc(C)c(C)s1)NCC1(CCOC)CC1.I. The third-order valence-electron chi connectivity index (χ3n) is 4.35. The van der Waals surface area contributed by atoms with Gasteiger partial charge in [0.2, 0.25) is 0 Å². The first-order valence-corrected chi connectivity index (χ1v) is 8.76. The molecule has 0 atom stereocenters. The van der Waals surface area contributed by atoms with E-state index >= 15 is 0 Å². The number of halogens is 1. The summed E-state index contributed by atoms with van der Waals surface area (Å²) in [5, 5.41) is 8.02. The maximum absolute atomic E-state index is 5.20. The normalized spacial score (nSPS) is 15.9. The van der Waals surface area contributed by atoms with Gasteiger partial charge < -0.3 is 15.4 Å². The van der Waals surface area contributed by atoms with Crippen molar-refractivity contribution in [3.8, 4) is 0 Å². The third kappa shape index (κ3) is 6.54. The van der Waals surface area contributed by atoms with Crippen molar-refractivity contribution in [2.24, 2.45) is 10.4 Å². The van der Waals surface area contributed by atoms with Crippen LogP contribution < -0.4 is 10.6 Å². The van der Waals surface area contributed by atoms with E-state index in [2.05, 4.69) is 34.5 Å². The second-order valence-electron chi connectivity index (χ2n) is 6.09. The van der Waals surface area contributed by atoms with E-state index in [0.29, 0.717) is 5.41 Å². The van der Waals surface area contributed by atoms with Crippen molar-refractivity contribution in [3.63, 3.8) is 0 Å². The number of rotatable bonds is 8. The van der Waals surface area contributed by atoms with Gasteiger partial charge in [-0.25, -0.2) is 4.98 Å². The van der Waals surface area contributed by atoms with Crippen molar-refractivity contribution in [1.82, 2.24) is 15.6 Å². The first-order chi connectivity index (χ1) is 10.6. The van der Waals surface area contributed by atoms with Gasteiger partial charge in [0.15, 0.2) is 5.96 Å². The molecule has 2 N–H and O–H groups in total. The van der Waals surface area contributed by atoms with Crippen molar-refractivity contribution in [1.29, 1.82) is 0 Å². The van der Waals surface area contributed by atoms with Gasteiger partial charge in [-0.2, -0.15) is 0 Å². The fourth-order valence-corrected chi connectivity index (χ4v) is 3.37. The fourth-order valence-electron chi connectivity index (χ4n) is 2.44. The Morgan fingerprint density at radius 3 is 2.61 bits per heavy atom. The molecule has 2 rings (SSSR count). The molecule has 0 aliphatic heterocycles. The van der Waals surface area contributed by atoms with E-state index in [9.17, 15) is 0 Å². The Kier molecular flexibility index (Phi) is 8.78. The number of guanidine groups is 1. The molecular formula is C16H29IN4OS. The average molecular weight is 452 g/mol. The zero-order valence-corrected chi connectivity index (χ0v) is 17.7. The van der Waals surface area contributed by atoms with Crippen LogP contribution in [0.3, 0.4) is 0 Å². The summed E-state index contributed by atoms with van der Waals surface area (Å²) in [6, 6.07) is 0. The monoisotopic (exact) mass is 452 g/mol. The molecule has 1 heterocycles. The Hall–Kier alpha value is -0.410. The van der Waals surface area contributed by atoms with E-state index < -0.39 is 0 Å². The van der Waals surface area contributed by atoms with Crippen molar-refractivity contribution in [2.45, 2.75) is 39.5 Å². The van der Waals surface area contributed by atoms with Crippen LogP contribution in [0.15, 0.2) is 4.99 Å². The minimum absolute atomic E-state index is 0. The van der Waals surface area contributed by atoms with Gasteiger partial charge >= 0.3 is 0 Å². The second-order valence-corrected chi connectivity index (χ2v) is 7.38. The highest BCUT2D eigenvalue weighted by Crippen LogP contribution is 2.48. The molecule has 1 aliphatic carbocycles. The maximum atomic E-state index is 5.20. The molecule has 0 radical (unpaired) electrons. The molecule has 0 aromatic carbocycles. The molecule has 1 aliphatic rings. The first-order valence-electron chi connectivity index (χ1n) is 7.95. The smallest absolute Gasteiger partial charge is 0.191 e. The predicted molar refractivity (Wildman–Crippen MR) is 108 cm³/mol. The predicted octanol–water partition coefficient (Wildman–Crippen LogP) is 2.90. The molecule has 1 aromatic heterocycles. The standard InChI is InChI=1S/C16H28N4OS.HI/c1-12-13(2)22-14(20-12)5-9-18-15(17-3)19-11-16(6-7-16)8-10-21-4;/h5-11H2,1-4H3,(H2,17,18,19);1H. The van der Waals surface area contributed by atoms with Crippen molar-refractivity contribution in [3.05, 3.63) is 15.6 Å². The van der Waals surface area contributed by atoms with Crippen LogP contribution in [0.25, 0.3) is 0 Å². The molecule has 0 spiro atoms. The van der Waals surface area contributed by atoms with Crippen molar-refractivity contribution >= 4 is 41.3 Å². The molecule has 23 heavy (non-hydrogen) atoms. The van der Waals surface area contributed by atoms with E-state index in [1.165, 1.54) is 22.7 Å². The van der Waals surface area contributed by atoms with E-state index in [1.54, 1.807) is 18.4 Å². The first kappa shape index (κ1) is 20.6. The Morgan fingerprint density at radius 1 is 1.35 bits per heavy atom. The number of nitrogens with one attached hydrogen (secondary N) is 2. The lowest BCUT2D eigenvalue weighted by atomic mass is 10.0. The van der Waals surface area contributed by atoms with Crippen molar-refractivity contribution in [2.75, 3.05) is 33.9 Å². The highest BCUT2D eigenvalue weighted by molar-refractivity contribution is 14.0. The minimum atomic E-state index is 0. The fraction of sp³-hybridized carbons (Fsp3) is 0.750. The molecule has 5 nitrogen and oxygen atoms in total. The summed E-state index contributed by atoms with van der Waals surface area (Å²) < 4.78 is 5.20. The molecule has 0 unspecified atom stereocenters. The van der Waals surface area contributed by atoms with Gasteiger partial charge in [-0.1, -0.05) is 0 Å². The number of aromatic nitrogens is 1. The van der Waals surface area contributed by atoms with Gasteiger partial charge in [-0.3, -0.25) is 4.99 Å². The van der Waals surface area contributed by atoms with Gasteiger partial charge in [0.05, 0.1) is 10.7 Å². The lowest BCUT2D eigenvalue weighted by Crippen LogP contribution is -2.41. The van der Waals surface area contributed by atoms with Crippen LogP contribution in [0.4, 0.5) is 0 Å². The molecular weight excluding hydrogens is 423 g/mol. The Morgan fingerprint density at radius 2 is 2.09 bits per heavy atom. The van der Waals surface area contributed by atoms with Gasteiger partial charge in [0, 0.05) is 45.2 Å². The van der Waals surface area contributed by atoms with Crippen LogP contribution in [-0.4, -0.2) is 44.8 Å². The Balaban J connectivity index is 0.00000264. The molecule has 7 heteroatoms. The van der Waals surface area contributed by atoms with Gasteiger partial charge in [-0.15, -0.1) is 35.3 Å². The summed E-state index contributed by atoms with van der Waals surface area (Å²) in [7, 11) is 3.59. The number of aliphatic imine (C=N–C) groups is 1. The van der Waals surface area contributed by atoms with Crippen LogP contribution in [-0.2, 0) is 11.2 Å². The quantitative estimate of drug-likeness (QED) is 0.362. The lowest BCUT2D eigenvalue weighted by molar-refractivity contribution is 0.172. The summed E-state index contributed by atoms with van der Waals surface area (Å²) in [5.74, 6) is 0.883. The van der Waals surface area contributed by atoms with Gasteiger partial charge in [-0.05, 0) is 38.5 Å². The van der Waals surface area contributed by atoms with Gasteiger partial charge in [0.25, 0.3) is 0 Å². The van der Waals surface area contributed by atoms with Gasteiger partial charge in [0.1, 0.15) is 0 Å². The summed E-state index contributed by atoms with van der Waals surface area (Å²) in [6.45, 7) is 6.87. The lowest BCUT2D eigenvalue weighted by Gasteiger charge is -2.18. The molecule has 0 saturated heterocycles. The summed E-state index contributed by atoms with van der Waals surface area (Å²) >= 11 is 1.79. The summed E-state index contributed by atoms with van der Waals surface area (Å²) in [4.78, 5) is 10.2. The number of methoxy groups -OCH3 is 1. The highest BCUT2D eigenvalue weighted by atomic mass is 127. The van der Waals surface area contributed by atoms with Crippen LogP contribution in [0, 0.1) is 19.3 Å². The molecule has 1 aromatic rings. The molecule has 1 saturated carbocycles. The van der Waals surface area contributed by atoms with Crippen LogP contribution in [0.1, 0.15) is 34.8 Å². The minimum Gasteiger partial charge on any atom is -0.385 e. The zero-order chi connectivity index (χ0) is 16.0. The number of ether oxygens (including phenoxy) is 1. The molecule has 132 valence electrons. The highest BCUT2D eigenvalue weighted by Gasteiger charge is 2.41. The number of hydrogen-bond acceptors (Lipinski definition) is 4. The maximum Gasteiger partial charge on any atom is 0.191 e. The topological polar surface area (TPSA) is 58.5 Å². The van der Waals surface area contributed by atoms with Crippen LogP contribution in [0.5, 0.6) is 0 Å². The molecule has 0 bridgehead atoms. The van der Waals surface area contributed by atoms with E-state index in [0.717, 1.165) is 44.2 Å². The largest absolute Gasteiger partial charge is 0.385 e. The van der Waals surface area contributed by atoms with Crippen LogP contribution >= 0.6 is 35.3 Å². The van der Waals surface area contributed by atoms with E-state index in [4.69, 9.17) is 4.74 Å². The average Bonchev–Trinajstić information content (AvgIpc) is 3.21. The Labute approximate surface area is 160 Å².